The summed E-state index contributed by atoms with van der Waals surface area (Å²) in [6.07, 6.45) is 1.00. The fourth-order valence-corrected chi connectivity index (χ4v) is 4.08. The van der Waals surface area contributed by atoms with Crippen molar-refractivity contribution in [2.75, 3.05) is 12.4 Å². The second-order valence-electron chi connectivity index (χ2n) is 1.72. The van der Waals surface area contributed by atoms with E-state index in [2.05, 4.69) is 12.2 Å². The summed E-state index contributed by atoms with van der Waals surface area (Å²) in [6, 6.07) is 0. The number of hydrogen-bond acceptors (Lipinski definition) is 3. The molecule has 0 aromatic rings. The number of thiol groups is 1. The second-order valence-corrected chi connectivity index (χ2v) is 8.19. The minimum absolute atomic E-state index is 0. The fourth-order valence-electron chi connectivity index (χ4n) is 0.407. The molecule has 0 rings (SSSR count). The summed E-state index contributed by atoms with van der Waals surface area (Å²) in [5, 5.41) is 0. The monoisotopic (exact) mass is 240 g/mol. The van der Waals surface area contributed by atoms with Gasteiger partial charge in [0, 0.05) is 5.75 Å². The molecule has 0 fully saturated rings. The van der Waals surface area contributed by atoms with Crippen LogP contribution in [-0.4, -0.2) is 63.7 Å². The van der Waals surface area contributed by atoms with Gasteiger partial charge < -0.3 is 4.52 Å². The predicted molar refractivity (Wildman–Crippen MR) is 58.1 cm³/mol. The maximum absolute atomic E-state index is 11.2. The first-order valence-corrected chi connectivity index (χ1v) is 7.61. The van der Waals surface area contributed by atoms with Gasteiger partial charge in [0.15, 0.2) is 0 Å². The SMILES string of the molecule is CCCSP(=O)(S)OCC.[KH]. The van der Waals surface area contributed by atoms with Crippen molar-refractivity contribution in [2.24, 2.45) is 0 Å². The summed E-state index contributed by atoms with van der Waals surface area (Å²) in [7, 11) is 0. The van der Waals surface area contributed by atoms with Crippen LogP contribution in [0, 0.1) is 0 Å². The summed E-state index contributed by atoms with van der Waals surface area (Å²) in [6.45, 7) is 4.32. The average molecular weight is 240 g/mol. The molecular formula is C5H14KO2PS2. The molecule has 0 bridgehead atoms. The summed E-state index contributed by atoms with van der Waals surface area (Å²) in [5.41, 5.74) is 0. The standard InChI is InChI=1S/C5H13O2PS2.K.H/c1-3-5-10-8(6,9)7-4-2;;/h3-5H2,1-2H3,(H,6,9);;. The quantitative estimate of drug-likeness (QED) is 0.454. The Kier molecular flexibility index (Phi) is 13.2. The molecule has 1 atom stereocenters. The molecule has 0 aliphatic carbocycles. The molecule has 0 aromatic heterocycles. The molecule has 0 radical (unpaired) electrons. The van der Waals surface area contributed by atoms with E-state index in [-0.39, 0.29) is 51.4 Å². The van der Waals surface area contributed by atoms with Crippen molar-refractivity contribution in [3.63, 3.8) is 0 Å². The van der Waals surface area contributed by atoms with E-state index in [0.29, 0.717) is 6.61 Å². The van der Waals surface area contributed by atoms with Crippen molar-refractivity contribution in [2.45, 2.75) is 20.3 Å². The average Bonchev–Trinajstić information content (AvgIpc) is 1.84. The first kappa shape index (κ1) is 16.0. The van der Waals surface area contributed by atoms with Gasteiger partial charge >= 0.3 is 57.2 Å². The van der Waals surface area contributed by atoms with Crippen LogP contribution < -0.4 is 0 Å². The Morgan fingerprint density at radius 3 is 2.45 bits per heavy atom. The van der Waals surface area contributed by atoms with E-state index in [1.807, 2.05) is 13.8 Å². The molecule has 0 spiro atoms. The van der Waals surface area contributed by atoms with Gasteiger partial charge in [0.05, 0.1) is 6.61 Å². The van der Waals surface area contributed by atoms with E-state index in [0.717, 1.165) is 12.2 Å². The third-order valence-electron chi connectivity index (χ3n) is 0.751. The molecule has 0 aromatic carbocycles. The van der Waals surface area contributed by atoms with Gasteiger partial charge in [-0.25, -0.2) is 0 Å². The van der Waals surface area contributed by atoms with E-state index in [1.54, 1.807) is 0 Å². The zero-order valence-corrected chi connectivity index (χ0v) is 8.85. The number of rotatable bonds is 5. The van der Waals surface area contributed by atoms with E-state index in [4.69, 9.17) is 4.52 Å². The van der Waals surface area contributed by atoms with Gasteiger partial charge in [-0.2, -0.15) is 0 Å². The molecule has 2 nitrogen and oxygen atoms in total. The van der Waals surface area contributed by atoms with Crippen molar-refractivity contribution in [3.05, 3.63) is 0 Å². The number of hydrogen-bond donors (Lipinski definition) is 1. The zero-order chi connectivity index (χ0) is 8.04. The fraction of sp³-hybridized carbons (Fsp3) is 1.00. The molecule has 0 saturated carbocycles. The first-order chi connectivity index (χ1) is 4.62. The molecule has 0 heterocycles. The van der Waals surface area contributed by atoms with Gasteiger partial charge in [-0.3, -0.25) is 4.57 Å². The molecular weight excluding hydrogens is 226 g/mol. The Hall–Kier alpha value is 2.53. The summed E-state index contributed by atoms with van der Waals surface area (Å²) < 4.78 is 16.1. The molecule has 64 valence electrons. The van der Waals surface area contributed by atoms with E-state index in [9.17, 15) is 4.57 Å². The third kappa shape index (κ3) is 10.4. The van der Waals surface area contributed by atoms with Crippen LogP contribution in [0.15, 0.2) is 0 Å². The molecule has 6 heteroatoms. The van der Waals surface area contributed by atoms with Gasteiger partial charge in [-0.05, 0) is 13.3 Å². The van der Waals surface area contributed by atoms with Crippen LogP contribution in [0.25, 0.3) is 0 Å². The molecule has 0 aliphatic heterocycles. The van der Waals surface area contributed by atoms with E-state index in [1.165, 1.54) is 11.4 Å². The van der Waals surface area contributed by atoms with Crippen molar-refractivity contribution < 1.29 is 9.09 Å². The Morgan fingerprint density at radius 2 is 2.09 bits per heavy atom. The van der Waals surface area contributed by atoms with Crippen molar-refractivity contribution >= 4 is 80.8 Å². The van der Waals surface area contributed by atoms with Gasteiger partial charge in [-0.1, -0.05) is 30.6 Å². The zero-order valence-electron chi connectivity index (χ0n) is 6.24. The topological polar surface area (TPSA) is 26.3 Å². The van der Waals surface area contributed by atoms with Crippen molar-refractivity contribution in [3.8, 4) is 0 Å². The Labute approximate surface area is 120 Å². The van der Waals surface area contributed by atoms with Crippen LogP contribution in [0.3, 0.4) is 0 Å². The Bertz CT molecular complexity index is 134. The minimum atomic E-state index is -2.60. The van der Waals surface area contributed by atoms with Gasteiger partial charge in [0.2, 0.25) is 0 Å². The van der Waals surface area contributed by atoms with Crippen LogP contribution >= 0.6 is 29.4 Å². The first-order valence-electron chi connectivity index (χ1n) is 3.24. The summed E-state index contributed by atoms with van der Waals surface area (Å²) in [4.78, 5) is 0. The van der Waals surface area contributed by atoms with Crippen LogP contribution in [-0.2, 0) is 9.09 Å². The predicted octanol–water partition coefficient (Wildman–Crippen LogP) is 2.56. The summed E-state index contributed by atoms with van der Waals surface area (Å²) >= 11 is 5.20. The molecule has 0 aliphatic rings. The molecule has 0 saturated heterocycles. The third-order valence-corrected chi connectivity index (χ3v) is 5.48. The molecule has 1 unspecified atom stereocenters. The van der Waals surface area contributed by atoms with Gasteiger partial charge in [-0.15, -0.1) is 0 Å². The van der Waals surface area contributed by atoms with Gasteiger partial charge in [0.25, 0.3) is 0 Å². The Morgan fingerprint density at radius 1 is 1.55 bits per heavy atom. The van der Waals surface area contributed by atoms with E-state index < -0.39 is 5.77 Å². The van der Waals surface area contributed by atoms with Crippen LogP contribution in [0.4, 0.5) is 0 Å². The van der Waals surface area contributed by atoms with Crippen molar-refractivity contribution in [1.29, 1.82) is 0 Å². The van der Waals surface area contributed by atoms with Crippen molar-refractivity contribution in [1.82, 2.24) is 0 Å². The van der Waals surface area contributed by atoms with Crippen LogP contribution in [0.1, 0.15) is 20.3 Å². The molecule has 0 N–H and O–H groups in total. The summed E-state index contributed by atoms with van der Waals surface area (Å²) in [5.74, 6) is -1.75. The normalized spacial score (nSPS) is 15.2. The van der Waals surface area contributed by atoms with Gasteiger partial charge in [0.1, 0.15) is 0 Å². The van der Waals surface area contributed by atoms with E-state index >= 15 is 0 Å². The Balaban J connectivity index is 0. The molecule has 0 amide bonds. The second kappa shape index (κ2) is 9.10. The van der Waals surface area contributed by atoms with Crippen LogP contribution in [0.5, 0.6) is 0 Å². The maximum atomic E-state index is 11.2. The molecule has 11 heavy (non-hydrogen) atoms. The van der Waals surface area contributed by atoms with Crippen LogP contribution in [0.2, 0.25) is 0 Å².